The fourth-order valence-corrected chi connectivity index (χ4v) is 3.06. The van der Waals surface area contributed by atoms with Crippen molar-refractivity contribution in [1.29, 1.82) is 0 Å². The zero-order valence-electron chi connectivity index (χ0n) is 9.83. The minimum atomic E-state index is 0.0111. The first-order chi connectivity index (χ1) is 7.36. The highest BCUT2D eigenvalue weighted by molar-refractivity contribution is 4.77. The van der Waals surface area contributed by atoms with E-state index in [9.17, 15) is 5.11 Å². The van der Waals surface area contributed by atoms with Gasteiger partial charge in [0.1, 0.15) is 0 Å². The Balaban J connectivity index is 1.67. The molecule has 1 saturated carbocycles. The smallest absolute Gasteiger partial charge is 0.0568 e. The van der Waals surface area contributed by atoms with Crippen molar-refractivity contribution in [1.82, 2.24) is 4.90 Å². The molecule has 2 nitrogen and oxygen atoms in total. The van der Waals surface area contributed by atoms with Gasteiger partial charge in [-0.05, 0) is 57.7 Å². The van der Waals surface area contributed by atoms with Crippen LogP contribution in [0.25, 0.3) is 0 Å². The Kier molecular flexibility index (Phi) is 4.45. The van der Waals surface area contributed by atoms with Crippen LogP contribution in [0.1, 0.15) is 51.4 Å². The summed E-state index contributed by atoms with van der Waals surface area (Å²) in [7, 11) is 0. The molecule has 0 aromatic rings. The Morgan fingerprint density at radius 2 is 1.67 bits per heavy atom. The topological polar surface area (TPSA) is 23.5 Å². The lowest BCUT2D eigenvalue weighted by atomic mass is 10.0. The van der Waals surface area contributed by atoms with E-state index in [2.05, 4.69) is 4.90 Å². The molecule has 1 aliphatic heterocycles. The summed E-state index contributed by atoms with van der Waals surface area (Å²) in [6.07, 6.45) is 10.4. The van der Waals surface area contributed by atoms with Crippen molar-refractivity contribution < 1.29 is 5.11 Å². The molecule has 2 atom stereocenters. The standard InChI is InChI=1S/C13H25NO/c15-13-7-5-6-12(13)8-11-14-9-3-1-2-4-10-14/h12-13,15H,1-11H2. The third-order valence-electron chi connectivity index (χ3n) is 4.13. The Bertz CT molecular complexity index is 175. The molecule has 0 amide bonds. The second-order valence-corrected chi connectivity index (χ2v) is 5.30. The molecule has 2 aliphatic rings. The number of hydrogen-bond acceptors (Lipinski definition) is 2. The molecule has 88 valence electrons. The van der Waals surface area contributed by atoms with Crippen molar-refractivity contribution in [2.75, 3.05) is 19.6 Å². The lowest BCUT2D eigenvalue weighted by Gasteiger charge is -2.22. The van der Waals surface area contributed by atoms with Gasteiger partial charge in [0, 0.05) is 0 Å². The van der Waals surface area contributed by atoms with Crippen molar-refractivity contribution in [3.63, 3.8) is 0 Å². The number of nitrogens with zero attached hydrogens (tertiary/aromatic N) is 1. The van der Waals surface area contributed by atoms with Crippen LogP contribution in [-0.4, -0.2) is 35.7 Å². The predicted molar refractivity (Wildman–Crippen MR) is 62.9 cm³/mol. The molecule has 0 spiro atoms. The molecule has 2 heteroatoms. The Morgan fingerprint density at radius 3 is 2.27 bits per heavy atom. The van der Waals surface area contributed by atoms with E-state index in [1.165, 1.54) is 64.6 Å². The molecule has 0 bridgehead atoms. The molecule has 2 unspecified atom stereocenters. The number of likely N-dealkylation sites (tertiary alicyclic amines) is 1. The minimum absolute atomic E-state index is 0.0111. The van der Waals surface area contributed by atoms with Crippen molar-refractivity contribution in [2.24, 2.45) is 5.92 Å². The van der Waals surface area contributed by atoms with Gasteiger partial charge in [-0.2, -0.15) is 0 Å². The first-order valence-electron chi connectivity index (χ1n) is 6.76. The summed E-state index contributed by atoms with van der Waals surface area (Å²) in [6, 6.07) is 0. The van der Waals surface area contributed by atoms with Gasteiger partial charge in [-0.1, -0.05) is 19.3 Å². The second-order valence-electron chi connectivity index (χ2n) is 5.30. The van der Waals surface area contributed by atoms with Crippen LogP contribution in [0.15, 0.2) is 0 Å². The lowest BCUT2D eigenvalue weighted by Crippen LogP contribution is -2.28. The molecular weight excluding hydrogens is 186 g/mol. The van der Waals surface area contributed by atoms with E-state index in [0.717, 1.165) is 6.42 Å². The number of hydrogen-bond donors (Lipinski definition) is 1. The van der Waals surface area contributed by atoms with Crippen molar-refractivity contribution >= 4 is 0 Å². The third-order valence-corrected chi connectivity index (χ3v) is 4.13. The number of aliphatic hydroxyl groups excluding tert-OH is 1. The van der Waals surface area contributed by atoms with Crippen molar-refractivity contribution in [3.8, 4) is 0 Å². The molecule has 2 fully saturated rings. The summed E-state index contributed by atoms with van der Waals surface area (Å²) < 4.78 is 0. The highest BCUT2D eigenvalue weighted by atomic mass is 16.3. The summed E-state index contributed by atoms with van der Waals surface area (Å²) in [5, 5.41) is 9.76. The van der Waals surface area contributed by atoms with Crippen LogP contribution < -0.4 is 0 Å². The van der Waals surface area contributed by atoms with Gasteiger partial charge in [-0.3, -0.25) is 0 Å². The van der Waals surface area contributed by atoms with Crippen LogP contribution in [0, 0.1) is 5.92 Å². The molecule has 0 aromatic heterocycles. The van der Waals surface area contributed by atoms with E-state index in [0.29, 0.717) is 5.92 Å². The highest BCUT2D eigenvalue weighted by Gasteiger charge is 2.25. The third kappa shape index (κ3) is 3.46. The molecule has 15 heavy (non-hydrogen) atoms. The first kappa shape index (κ1) is 11.4. The van der Waals surface area contributed by atoms with Gasteiger partial charge < -0.3 is 10.0 Å². The van der Waals surface area contributed by atoms with Crippen LogP contribution >= 0.6 is 0 Å². The van der Waals surface area contributed by atoms with Crippen LogP contribution in [0.3, 0.4) is 0 Å². The normalized spacial score (nSPS) is 34.2. The largest absolute Gasteiger partial charge is 0.393 e. The van der Waals surface area contributed by atoms with Gasteiger partial charge in [0.25, 0.3) is 0 Å². The fourth-order valence-electron chi connectivity index (χ4n) is 3.06. The molecule has 1 saturated heterocycles. The molecule has 0 radical (unpaired) electrons. The lowest BCUT2D eigenvalue weighted by molar-refractivity contribution is 0.118. The van der Waals surface area contributed by atoms with Crippen LogP contribution in [0.4, 0.5) is 0 Å². The fraction of sp³-hybridized carbons (Fsp3) is 1.00. The van der Waals surface area contributed by atoms with E-state index < -0.39 is 0 Å². The van der Waals surface area contributed by atoms with E-state index in [1.807, 2.05) is 0 Å². The van der Waals surface area contributed by atoms with E-state index in [1.54, 1.807) is 0 Å². The SMILES string of the molecule is OC1CCCC1CCN1CCCCCC1. The van der Waals surface area contributed by atoms with Gasteiger partial charge in [0.15, 0.2) is 0 Å². The maximum Gasteiger partial charge on any atom is 0.0568 e. The Hall–Kier alpha value is -0.0800. The van der Waals surface area contributed by atoms with Gasteiger partial charge in [0.2, 0.25) is 0 Å². The molecule has 1 heterocycles. The zero-order chi connectivity index (χ0) is 10.5. The average molecular weight is 211 g/mol. The van der Waals surface area contributed by atoms with Gasteiger partial charge in [-0.25, -0.2) is 0 Å². The molecule has 0 aromatic carbocycles. The monoisotopic (exact) mass is 211 g/mol. The maximum atomic E-state index is 9.76. The molecule has 1 aliphatic carbocycles. The minimum Gasteiger partial charge on any atom is -0.393 e. The van der Waals surface area contributed by atoms with Crippen LogP contribution in [-0.2, 0) is 0 Å². The van der Waals surface area contributed by atoms with Crippen LogP contribution in [0.5, 0.6) is 0 Å². The number of aliphatic hydroxyl groups is 1. The Labute approximate surface area is 93.7 Å². The molecule has 1 N–H and O–H groups in total. The quantitative estimate of drug-likeness (QED) is 0.775. The summed E-state index contributed by atoms with van der Waals surface area (Å²) in [6.45, 7) is 3.81. The van der Waals surface area contributed by atoms with E-state index in [4.69, 9.17) is 0 Å². The zero-order valence-corrected chi connectivity index (χ0v) is 9.83. The van der Waals surface area contributed by atoms with Crippen molar-refractivity contribution in [3.05, 3.63) is 0 Å². The number of rotatable bonds is 3. The highest BCUT2D eigenvalue weighted by Crippen LogP contribution is 2.28. The summed E-state index contributed by atoms with van der Waals surface area (Å²) in [5.41, 5.74) is 0. The second kappa shape index (κ2) is 5.86. The molecule has 2 rings (SSSR count). The first-order valence-corrected chi connectivity index (χ1v) is 6.76. The molecular formula is C13H25NO. The van der Waals surface area contributed by atoms with Gasteiger partial charge in [0.05, 0.1) is 6.10 Å². The predicted octanol–water partition coefficient (Wildman–Crippen LogP) is 2.41. The van der Waals surface area contributed by atoms with E-state index >= 15 is 0 Å². The van der Waals surface area contributed by atoms with Gasteiger partial charge in [-0.15, -0.1) is 0 Å². The maximum absolute atomic E-state index is 9.76. The Morgan fingerprint density at radius 1 is 0.933 bits per heavy atom. The summed E-state index contributed by atoms with van der Waals surface area (Å²) >= 11 is 0. The average Bonchev–Trinajstić information content (AvgIpc) is 2.53. The summed E-state index contributed by atoms with van der Waals surface area (Å²) in [5.74, 6) is 0.605. The van der Waals surface area contributed by atoms with Crippen LogP contribution in [0.2, 0.25) is 0 Å². The van der Waals surface area contributed by atoms with Gasteiger partial charge >= 0.3 is 0 Å². The van der Waals surface area contributed by atoms with Crippen molar-refractivity contribution in [2.45, 2.75) is 57.5 Å². The van der Waals surface area contributed by atoms with E-state index in [-0.39, 0.29) is 6.10 Å². The summed E-state index contributed by atoms with van der Waals surface area (Å²) in [4.78, 5) is 2.61.